The summed E-state index contributed by atoms with van der Waals surface area (Å²) < 4.78 is 9.87. The summed E-state index contributed by atoms with van der Waals surface area (Å²) >= 11 is 0. The van der Waals surface area contributed by atoms with Gasteiger partial charge in [0.2, 0.25) is 0 Å². The molecule has 0 aliphatic heterocycles. The molecule has 1 aromatic carbocycles. The van der Waals surface area contributed by atoms with Gasteiger partial charge in [0, 0.05) is 24.9 Å². The van der Waals surface area contributed by atoms with Gasteiger partial charge in [-0.25, -0.2) is 9.59 Å². The summed E-state index contributed by atoms with van der Waals surface area (Å²) in [6, 6.07) is 6.02. The van der Waals surface area contributed by atoms with E-state index in [0.717, 1.165) is 12.8 Å². The topological polar surface area (TPSA) is 96.9 Å². The van der Waals surface area contributed by atoms with Crippen LogP contribution in [-0.4, -0.2) is 43.0 Å². The first kappa shape index (κ1) is 16.1. The summed E-state index contributed by atoms with van der Waals surface area (Å²) in [6.07, 6.45) is 1.63. The van der Waals surface area contributed by atoms with E-state index >= 15 is 0 Å². The summed E-state index contributed by atoms with van der Waals surface area (Å²) in [6.45, 7) is 0. The molecule has 0 radical (unpaired) electrons. The molecule has 1 aliphatic carbocycles. The average Bonchev–Trinajstić information content (AvgIpc) is 3.28. The molecule has 1 saturated carbocycles. The monoisotopic (exact) mass is 308 g/mol. The number of carboxylic acid groups (broad SMARTS) is 1. The minimum Gasteiger partial charge on any atom is -0.480 e. The molecule has 7 nitrogen and oxygen atoms in total. The van der Waals surface area contributed by atoms with E-state index < -0.39 is 18.1 Å². The van der Waals surface area contributed by atoms with Gasteiger partial charge >= 0.3 is 12.1 Å². The molecule has 22 heavy (non-hydrogen) atoms. The number of ether oxygens (including phenoxy) is 2. The summed E-state index contributed by atoms with van der Waals surface area (Å²) in [5, 5.41) is 14.8. The van der Waals surface area contributed by atoms with Crippen LogP contribution in [0, 0.1) is 0 Å². The number of nitrogens with one attached hydrogen (secondary N) is 2. The highest BCUT2D eigenvalue weighted by molar-refractivity contribution is 5.85. The second-order valence-electron chi connectivity index (χ2n) is 5.32. The van der Waals surface area contributed by atoms with Crippen molar-refractivity contribution in [3.05, 3.63) is 24.3 Å². The SMILES string of the molecule is COC(=O)Nc1ccc(NC(CC2(OC)CC2)C(=O)O)cc1. The van der Waals surface area contributed by atoms with Crippen LogP contribution < -0.4 is 10.6 Å². The second-order valence-corrected chi connectivity index (χ2v) is 5.32. The van der Waals surface area contributed by atoms with Gasteiger partial charge in [-0.2, -0.15) is 0 Å². The Morgan fingerprint density at radius 3 is 2.27 bits per heavy atom. The van der Waals surface area contributed by atoms with Gasteiger partial charge in [-0.15, -0.1) is 0 Å². The lowest BCUT2D eigenvalue weighted by Gasteiger charge is -2.21. The molecule has 1 fully saturated rings. The zero-order valence-electron chi connectivity index (χ0n) is 12.6. The molecule has 3 N–H and O–H groups in total. The molecule has 120 valence electrons. The summed E-state index contributed by atoms with van der Waals surface area (Å²) in [4.78, 5) is 22.5. The Labute approximate surface area is 128 Å². The van der Waals surface area contributed by atoms with Gasteiger partial charge in [0.15, 0.2) is 0 Å². The molecule has 2 rings (SSSR count). The number of hydrogen-bond acceptors (Lipinski definition) is 5. The van der Waals surface area contributed by atoms with Gasteiger partial charge < -0.3 is 19.9 Å². The van der Waals surface area contributed by atoms with Crippen molar-refractivity contribution >= 4 is 23.4 Å². The zero-order chi connectivity index (χ0) is 16.2. The van der Waals surface area contributed by atoms with Crippen LogP contribution in [0.3, 0.4) is 0 Å². The Balaban J connectivity index is 1.98. The predicted octanol–water partition coefficient (Wildman–Crippen LogP) is 2.30. The smallest absolute Gasteiger partial charge is 0.411 e. The van der Waals surface area contributed by atoms with Gasteiger partial charge in [0.1, 0.15) is 6.04 Å². The Bertz CT molecular complexity index is 539. The first-order valence-electron chi connectivity index (χ1n) is 6.97. The van der Waals surface area contributed by atoms with Crippen molar-refractivity contribution in [3.8, 4) is 0 Å². The number of rotatable bonds is 7. The summed E-state index contributed by atoms with van der Waals surface area (Å²) in [7, 11) is 2.89. The van der Waals surface area contributed by atoms with E-state index in [-0.39, 0.29) is 5.60 Å². The largest absolute Gasteiger partial charge is 0.480 e. The molecular weight excluding hydrogens is 288 g/mol. The lowest BCUT2D eigenvalue weighted by molar-refractivity contribution is -0.139. The van der Waals surface area contributed by atoms with Gasteiger partial charge in [-0.1, -0.05) is 0 Å². The van der Waals surface area contributed by atoms with E-state index in [1.165, 1.54) is 7.11 Å². The van der Waals surface area contributed by atoms with Crippen LogP contribution in [0.5, 0.6) is 0 Å². The molecule has 0 heterocycles. The summed E-state index contributed by atoms with van der Waals surface area (Å²) in [5.41, 5.74) is 0.928. The van der Waals surface area contributed by atoms with Gasteiger partial charge in [-0.05, 0) is 37.1 Å². The van der Waals surface area contributed by atoms with Crippen LogP contribution in [-0.2, 0) is 14.3 Å². The number of carbonyl (C=O) groups is 2. The van der Waals surface area contributed by atoms with E-state index in [0.29, 0.717) is 17.8 Å². The summed E-state index contributed by atoms with van der Waals surface area (Å²) in [5.74, 6) is -0.917. The minimum atomic E-state index is -0.917. The number of hydrogen-bond donors (Lipinski definition) is 3. The maximum Gasteiger partial charge on any atom is 0.411 e. The van der Waals surface area contributed by atoms with Crippen LogP contribution in [0.25, 0.3) is 0 Å². The number of carbonyl (C=O) groups excluding carboxylic acids is 1. The number of methoxy groups -OCH3 is 2. The van der Waals surface area contributed by atoms with Crippen molar-refractivity contribution in [1.82, 2.24) is 0 Å². The van der Waals surface area contributed by atoms with Crippen molar-refractivity contribution in [2.75, 3.05) is 24.9 Å². The lowest BCUT2D eigenvalue weighted by Crippen LogP contribution is -2.34. The molecule has 1 aromatic rings. The number of anilines is 2. The highest BCUT2D eigenvalue weighted by Crippen LogP contribution is 2.43. The van der Waals surface area contributed by atoms with E-state index in [4.69, 9.17) is 4.74 Å². The first-order valence-corrected chi connectivity index (χ1v) is 6.97. The number of benzene rings is 1. The molecule has 1 amide bonds. The van der Waals surface area contributed by atoms with E-state index in [2.05, 4.69) is 15.4 Å². The van der Waals surface area contributed by atoms with Crippen molar-refractivity contribution in [2.24, 2.45) is 0 Å². The van der Waals surface area contributed by atoms with E-state index in [1.54, 1.807) is 31.4 Å². The fourth-order valence-electron chi connectivity index (χ4n) is 2.22. The third kappa shape index (κ3) is 4.11. The Morgan fingerprint density at radius 2 is 1.82 bits per heavy atom. The molecule has 7 heteroatoms. The number of aliphatic carboxylic acids is 1. The molecule has 0 aromatic heterocycles. The highest BCUT2D eigenvalue weighted by Gasteiger charge is 2.46. The first-order chi connectivity index (χ1) is 10.5. The van der Waals surface area contributed by atoms with Crippen LogP contribution in [0.1, 0.15) is 19.3 Å². The lowest BCUT2D eigenvalue weighted by atomic mass is 10.1. The molecule has 1 aliphatic rings. The van der Waals surface area contributed by atoms with Crippen molar-refractivity contribution in [3.63, 3.8) is 0 Å². The standard InChI is InChI=1S/C15H20N2O5/c1-21-14(20)17-11-5-3-10(4-6-11)16-12(13(18)19)9-15(22-2)7-8-15/h3-6,12,16H,7-9H2,1-2H3,(H,17,20)(H,18,19). The van der Waals surface area contributed by atoms with Crippen LogP contribution >= 0.6 is 0 Å². The van der Waals surface area contributed by atoms with Gasteiger partial charge in [-0.3, -0.25) is 5.32 Å². The molecule has 0 spiro atoms. The minimum absolute atomic E-state index is 0.303. The van der Waals surface area contributed by atoms with Crippen LogP contribution in [0.2, 0.25) is 0 Å². The van der Waals surface area contributed by atoms with E-state index in [1.807, 2.05) is 0 Å². The number of amides is 1. The second kappa shape index (κ2) is 6.65. The predicted molar refractivity (Wildman–Crippen MR) is 81.1 cm³/mol. The zero-order valence-corrected chi connectivity index (χ0v) is 12.6. The van der Waals surface area contributed by atoms with Crippen molar-refractivity contribution in [1.29, 1.82) is 0 Å². The maximum atomic E-state index is 11.4. The van der Waals surface area contributed by atoms with Crippen molar-refractivity contribution < 1.29 is 24.2 Å². The molecule has 0 saturated heterocycles. The average molecular weight is 308 g/mol. The third-order valence-electron chi connectivity index (χ3n) is 3.77. The van der Waals surface area contributed by atoms with E-state index in [9.17, 15) is 14.7 Å². The molecule has 0 bridgehead atoms. The van der Waals surface area contributed by atoms with Crippen LogP contribution in [0.15, 0.2) is 24.3 Å². The third-order valence-corrected chi connectivity index (χ3v) is 3.77. The molecule has 1 atom stereocenters. The fourth-order valence-corrected chi connectivity index (χ4v) is 2.22. The van der Waals surface area contributed by atoms with Crippen molar-refractivity contribution in [2.45, 2.75) is 30.9 Å². The van der Waals surface area contributed by atoms with Crippen LogP contribution in [0.4, 0.5) is 16.2 Å². The quantitative estimate of drug-likeness (QED) is 0.715. The normalized spacial score (nSPS) is 16.5. The highest BCUT2D eigenvalue weighted by atomic mass is 16.5. The Morgan fingerprint density at radius 1 is 1.23 bits per heavy atom. The van der Waals surface area contributed by atoms with Gasteiger partial charge in [0.05, 0.1) is 12.7 Å². The van der Waals surface area contributed by atoms with Gasteiger partial charge in [0.25, 0.3) is 0 Å². The Kier molecular flexibility index (Phi) is 4.87. The molecular formula is C15H20N2O5. The molecule has 1 unspecified atom stereocenters. The number of carboxylic acids is 1. The Hall–Kier alpha value is -2.28. The fraction of sp³-hybridized carbons (Fsp3) is 0.467. The maximum absolute atomic E-state index is 11.4.